The van der Waals surface area contributed by atoms with E-state index in [-0.39, 0.29) is 24.2 Å². The van der Waals surface area contributed by atoms with Crippen molar-refractivity contribution in [1.82, 2.24) is 14.8 Å². The maximum atomic E-state index is 12.5. The fraction of sp³-hybridized carbons (Fsp3) is 0.600. The normalized spacial score (nSPS) is 23.3. The number of aromatic nitrogens is 1. The molecule has 27 heavy (non-hydrogen) atoms. The Bertz CT molecular complexity index is 808. The van der Waals surface area contributed by atoms with E-state index in [2.05, 4.69) is 41.2 Å². The average molecular weight is 406 g/mol. The first kappa shape index (κ1) is 19.1. The number of aryl methyl sites for hydroxylation is 2. The number of hydrogen-bond donors (Lipinski definition) is 0. The molecule has 4 heterocycles. The van der Waals surface area contributed by atoms with E-state index in [1.165, 1.54) is 9.75 Å². The van der Waals surface area contributed by atoms with Gasteiger partial charge in [0.2, 0.25) is 5.91 Å². The van der Waals surface area contributed by atoms with Crippen molar-refractivity contribution in [2.75, 3.05) is 19.7 Å². The Morgan fingerprint density at radius 2 is 2.04 bits per heavy atom. The Hall–Kier alpha value is -1.28. The molecular formula is C20H27N3O2S2. The monoisotopic (exact) mass is 405 g/mol. The maximum Gasteiger partial charge on any atom is 0.249 e. The van der Waals surface area contributed by atoms with E-state index in [9.17, 15) is 4.79 Å². The van der Waals surface area contributed by atoms with Crippen LogP contribution in [0.15, 0.2) is 17.5 Å². The van der Waals surface area contributed by atoms with Gasteiger partial charge in [-0.05, 0) is 45.7 Å². The van der Waals surface area contributed by atoms with Crippen LogP contribution in [-0.4, -0.2) is 52.0 Å². The molecule has 2 saturated heterocycles. The Morgan fingerprint density at radius 3 is 2.67 bits per heavy atom. The smallest absolute Gasteiger partial charge is 0.249 e. The molecule has 0 radical (unpaired) electrons. The van der Waals surface area contributed by atoms with Gasteiger partial charge in [-0.15, -0.1) is 22.7 Å². The highest BCUT2D eigenvalue weighted by Crippen LogP contribution is 2.37. The fourth-order valence-electron chi connectivity index (χ4n) is 4.23. The zero-order valence-electron chi connectivity index (χ0n) is 16.2. The second-order valence-electron chi connectivity index (χ2n) is 7.70. The lowest BCUT2D eigenvalue weighted by atomic mass is 9.82. The van der Waals surface area contributed by atoms with Crippen LogP contribution in [-0.2, 0) is 22.6 Å². The van der Waals surface area contributed by atoms with E-state index >= 15 is 0 Å². The lowest BCUT2D eigenvalue weighted by molar-refractivity contribution is -0.188. The summed E-state index contributed by atoms with van der Waals surface area (Å²) < 4.78 is 6.17. The predicted molar refractivity (Wildman–Crippen MR) is 109 cm³/mol. The average Bonchev–Trinajstić information content (AvgIpc) is 3.25. The van der Waals surface area contributed by atoms with Gasteiger partial charge in [0, 0.05) is 34.8 Å². The molecule has 0 bridgehead atoms. The van der Waals surface area contributed by atoms with Crippen molar-refractivity contribution in [3.63, 3.8) is 0 Å². The van der Waals surface area contributed by atoms with Gasteiger partial charge in [-0.2, -0.15) is 0 Å². The van der Waals surface area contributed by atoms with Gasteiger partial charge in [-0.25, -0.2) is 4.98 Å². The predicted octanol–water partition coefficient (Wildman–Crippen LogP) is 3.60. The second kappa shape index (κ2) is 7.62. The lowest BCUT2D eigenvalue weighted by Crippen LogP contribution is -2.63. The number of thiophene rings is 1. The van der Waals surface area contributed by atoms with Crippen LogP contribution >= 0.6 is 22.7 Å². The molecule has 2 aromatic heterocycles. The number of ether oxygens (including phenoxy) is 1. The molecule has 146 valence electrons. The highest BCUT2D eigenvalue weighted by atomic mass is 32.1. The summed E-state index contributed by atoms with van der Waals surface area (Å²) in [6.45, 7) is 10.1. The van der Waals surface area contributed by atoms with Gasteiger partial charge in [-0.3, -0.25) is 9.69 Å². The number of nitrogens with zero attached hydrogens (tertiary/aromatic N) is 3. The van der Waals surface area contributed by atoms with Crippen LogP contribution in [0.3, 0.4) is 0 Å². The third-order valence-corrected chi connectivity index (χ3v) is 7.72. The number of carbonyl (C=O) groups is 1. The molecule has 2 aromatic rings. The molecule has 1 amide bonds. The van der Waals surface area contributed by atoms with E-state index in [0.717, 1.165) is 43.2 Å². The third kappa shape index (κ3) is 3.97. The van der Waals surface area contributed by atoms with Crippen molar-refractivity contribution in [2.45, 2.75) is 58.3 Å². The molecule has 2 aliphatic rings. The van der Waals surface area contributed by atoms with E-state index in [4.69, 9.17) is 4.74 Å². The van der Waals surface area contributed by atoms with Crippen LogP contribution in [0.25, 0.3) is 0 Å². The second-order valence-corrected chi connectivity index (χ2v) is 10.1. The Labute approximate surface area is 169 Å². The molecule has 2 aliphatic heterocycles. The minimum absolute atomic E-state index is 0.0758. The maximum absolute atomic E-state index is 12.5. The molecule has 7 heteroatoms. The van der Waals surface area contributed by atoms with Crippen LogP contribution < -0.4 is 0 Å². The molecule has 0 aromatic carbocycles. The first-order valence-electron chi connectivity index (χ1n) is 9.57. The number of amides is 1. The zero-order chi connectivity index (χ0) is 19.0. The van der Waals surface area contributed by atoms with Crippen LogP contribution in [0.1, 0.15) is 40.2 Å². The van der Waals surface area contributed by atoms with E-state index in [1.54, 1.807) is 11.3 Å². The number of hydrogen-bond acceptors (Lipinski definition) is 6. The molecular weight excluding hydrogens is 378 g/mol. The minimum atomic E-state index is -0.221. The molecule has 1 spiro atoms. The number of likely N-dealkylation sites (tertiary alicyclic amines) is 1. The number of carbonyl (C=O) groups excluding carboxylic acids is 1. The number of morpholine rings is 1. The minimum Gasteiger partial charge on any atom is -0.363 e. The van der Waals surface area contributed by atoms with Crippen molar-refractivity contribution in [2.24, 2.45) is 0 Å². The van der Waals surface area contributed by atoms with E-state index in [1.807, 2.05) is 23.2 Å². The highest BCUT2D eigenvalue weighted by molar-refractivity contribution is 7.11. The van der Waals surface area contributed by atoms with Crippen molar-refractivity contribution in [3.8, 4) is 0 Å². The summed E-state index contributed by atoms with van der Waals surface area (Å²) in [6, 6.07) is 4.51. The first-order chi connectivity index (χ1) is 12.9. The van der Waals surface area contributed by atoms with Gasteiger partial charge in [0.05, 0.1) is 28.9 Å². The quantitative estimate of drug-likeness (QED) is 0.780. The zero-order valence-corrected chi connectivity index (χ0v) is 17.9. The Morgan fingerprint density at radius 1 is 1.26 bits per heavy atom. The molecule has 1 unspecified atom stereocenters. The van der Waals surface area contributed by atoms with Crippen LogP contribution in [0.4, 0.5) is 0 Å². The number of piperidine rings is 1. The van der Waals surface area contributed by atoms with Crippen molar-refractivity contribution in [1.29, 1.82) is 0 Å². The highest BCUT2D eigenvalue weighted by Gasteiger charge is 2.47. The summed E-state index contributed by atoms with van der Waals surface area (Å²) >= 11 is 3.52. The molecule has 0 aliphatic carbocycles. The third-order valence-electron chi connectivity index (χ3n) is 5.91. The number of rotatable bonds is 4. The van der Waals surface area contributed by atoms with Gasteiger partial charge in [-0.1, -0.05) is 0 Å². The molecule has 2 fully saturated rings. The van der Waals surface area contributed by atoms with Gasteiger partial charge in [0.1, 0.15) is 6.61 Å². The summed E-state index contributed by atoms with van der Waals surface area (Å²) in [4.78, 5) is 24.4. The SMILES string of the molecule is Cc1ccc(CN2CCC3(CC2)OCC(=O)N(Cc2csc(C)n2)C3C)s1. The summed E-state index contributed by atoms with van der Waals surface area (Å²) in [5.41, 5.74) is 0.765. The van der Waals surface area contributed by atoms with Crippen LogP contribution in [0.5, 0.6) is 0 Å². The summed E-state index contributed by atoms with van der Waals surface area (Å²) in [6.07, 6.45) is 1.94. The molecule has 0 saturated carbocycles. The van der Waals surface area contributed by atoms with Gasteiger partial charge in [0.15, 0.2) is 0 Å². The first-order valence-corrected chi connectivity index (χ1v) is 11.3. The Balaban J connectivity index is 1.41. The van der Waals surface area contributed by atoms with Gasteiger partial charge >= 0.3 is 0 Å². The molecule has 5 nitrogen and oxygen atoms in total. The van der Waals surface area contributed by atoms with Crippen molar-refractivity contribution in [3.05, 3.63) is 38.0 Å². The van der Waals surface area contributed by atoms with Crippen LogP contribution in [0, 0.1) is 13.8 Å². The van der Waals surface area contributed by atoms with Crippen molar-refractivity contribution >= 4 is 28.6 Å². The lowest BCUT2D eigenvalue weighted by Gasteiger charge is -2.51. The number of thiazole rings is 1. The van der Waals surface area contributed by atoms with Gasteiger partial charge < -0.3 is 9.64 Å². The largest absolute Gasteiger partial charge is 0.363 e. The molecule has 4 rings (SSSR count). The fourth-order valence-corrected chi connectivity index (χ4v) is 5.77. The van der Waals surface area contributed by atoms with Crippen LogP contribution in [0.2, 0.25) is 0 Å². The van der Waals surface area contributed by atoms with Crippen molar-refractivity contribution < 1.29 is 9.53 Å². The summed E-state index contributed by atoms with van der Waals surface area (Å²) in [5.74, 6) is 0.0790. The standard InChI is InChI=1S/C20H27N3O2S2/c1-14-4-5-18(27-14)11-22-8-6-20(7-9-22)15(2)23(19(24)12-25-20)10-17-13-26-16(3)21-17/h4-5,13,15H,6-12H2,1-3H3. The summed E-state index contributed by atoms with van der Waals surface area (Å²) in [5, 5.41) is 3.11. The molecule has 1 atom stereocenters. The van der Waals surface area contributed by atoms with E-state index in [0.29, 0.717) is 6.54 Å². The Kier molecular flexibility index (Phi) is 5.38. The summed E-state index contributed by atoms with van der Waals surface area (Å²) in [7, 11) is 0. The van der Waals surface area contributed by atoms with Gasteiger partial charge in [0.25, 0.3) is 0 Å². The van der Waals surface area contributed by atoms with E-state index < -0.39 is 0 Å². The molecule has 0 N–H and O–H groups in total. The topological polar surface area (TPSA) is 45.7 Å².